The fourth-order valence-electron chi connectivity index (χ4n) is 4.49. The van der Waals surface area contributed by atoms with Crippen molar-refractivity contribution in [3.8, 4) is 5.75 Å². The van der Waals surface area contributed by atoms with Gasteiger partial charge >= 0.3 is 0 Å². The summed E-state index contributed by atoms with van der Waals surface area (Å²) in [6.45, 7) is 5.27. The number of ether oxygens (including phenoxy) is 2. The van der Waals surface area contributed by atoms with Gasteiger partial charge in [0.2, 0.25) is 0 Å². The van der Waals surface area contributed by atoms with Crippen molar-refractivity contribution in [3.05, 3.63) is 48.5 Å². The minimum Gasteiger partial charge on any atom is -0.488 e. The second-order valence-electron chi connectivity index (χ2n) is 8.34. The summed E-state index contributed by atoms with van der Waals surface area (Å²) in [5.41, 5.74) is 2.13. The zero-order valence-electron chi connectivity index (χ0n) is 18.0. The summed E-state index contributed by atoms with van der Waals surface area (Å²) in [6, 6.07) is 10.8. The number of morpholine rings is 1. The van der Waals surface area contributed by atoms with Crippen LogP contribution in [0.5, 0.6) is 5.75 Å². The van der Waals surface area contributed by atoms with Gasteiger partial charge < -0.3 is 19.7 Å². The normalized spacial score (nSPS) is 21.8. The maximum Gasteiger partial charge on any atom is 0.147 e. The van der Waals surface area contributed by atoms with Gasteiger partial charge in [-0.2, -0.15) is 0 Å². The standard InChI is InChI=1S/C24H29N5O2/c1-17-25-10-8-23(27-17)28-19-4-6-21(7-5-19)31-22-16-20(29-11-13-30-14-12-29)15-18-3-2-9-26-24(18)22/h2-3,8-10,15-16,19,21H,4-7,11-14H2,1H3,(H,25,27,28)/t19-,21+. The fraction of sp³-hybridized carbons (Fsp3) is 0.458. The zero-order chi connectivity index (χ0) is 21.0. The molecule has 0 atom stereocenters. The van der Waals surface area contributed by atoms with Gasteiger partial charge in [0.25, 0.3) is 0 Å². The van der Waals surface area contributed by atoms with Gasteiger partial charge in [0.1, 0.15) is 22.9 Å². The van der Waals surface area contributed by atoms with Crippen molar-refractivity contribution < 1.29 is 9.47 Å². The predicted octanol–water partition coefficient (Wildman–Crippen LogP) is 3.97. The molecule has 1 aromatic carbocycles. The molecule has 162 valence electrons. The molecule has 5 rings (SSSR count). The largest absolute Gasteiger partial charge is 0.488 e. The molecule has 0 radical (unpaired) electrons. The van der Waals surface area contributed by atoms with Gasteiger partial charge in [0, 0.05) is 48.7 Å². The molecule has 0 bridgehead atoms. The van der Waals surface area contributed by atoms with Gasteiger partial charge in [-0.3, -0.25) is 4.98 Å². The van der Waals surface area contributed by atoms with Crippen molar-refractivity contribution in [3.63, 3.8) is 0 Å². The molecule has 3 aromatic rings. The van der Waals surface area contributed by atoms with Crippen molar-refractivity contribution in [1.29, 1.82) is 0 Å². The van der Waals surface area contributed by atoms with Crippen LogP contribution in [0.4, 0.5) is 11.5 Å². The molecular formula is C24H29N5O2. The Morgan fingerprint density at radius 2 is 1.87 bits per heavy atom. The summed E-state index contributed by atoms with van der Waals surface area (Å²) in [7, 11) is 0. The molecule has 1 saturated heterocycles. The lowest BCUT2D eigenvalue weighted by molar-refractivity contribution is 0.122. The van der Waals surface area contributed by atoms with Crippen molar-refractivity contribution in [2.75, 3.05) is 36.5 Å². The molecular weight excluding hydrogens is 390 g/mol. The lowest BCUT2D eigenvalue weighted by Crippen LogP contribution is -2.36. The quantitative estimate of drug-likeness (QED) is 0.671. The Morgan fingerprint density at radius 1 is 1.03 bits per heavy atom. The van der Waals surface area contributed by atoms with E-state index in [4.69, 9.17) is 9.47 Å². The van der Waals surface area contributed by atoms with Crippen LogP contribution in [0.1, 0.15) is 31.5 Å². The number of pyridine rings is 1. The summed E-state index contributed by atoms with van der Waals surface area (Å²) in [4.78, 5) is 15.6. The first-order valence-electron chi connectivity index (χ1n) is 11.2. The lowest BCUT2D eigenvalue weighted by Gasteiger charge is -2.31. The highest BCUT2D eigenvalue weighted by molar-refractivity contribution is 5.88. The first-order chi connectivity index (χ1) is 15.2. The number of fused-ring (bicyclic) bond motifs is 1. The van der Waals surface area contributed by atoms with Crippen LogP contribution in [0, 0.1) is 6.92 Å². The molecule has 3 heterocycles. The number of rotatable bonds is 5. The van der Waals surface area contributed by atoms with Crippen LogP contribution in [-0.2, 0) is 4.74 Å². The molecule has 2 fully saturated rings. The van der Waals surface area contributed by atoms with Crippen molar-refractivity contribution in [2.24, 2.45) is 0 Å². The number of hydrogen-bond acceptors (Lipinski definition) is 7. The molecule has 1 aliphatic heterocycles. The van der Waals surface area contributed by atoms with Crippen LogP contribution in [0.2, 0.25) is 0 Å². The van der Waals surface area contributed by atoms with E-state index >= 15 is 0 Å². The molecule has 7 nitrogen and oxygen atoms in total. The highest BCUT2D eigenvalue weighted by Crippen LogP contribution is 2.34. The van der Waals surface area contributed by atoms with Gasteiger partial charge in [-0.25, -0.2) is 9.97 Å². The van der Waals surface area contributed by atoms with Gasteiger partial charge in [-0.1, -0.05) is 6.07 Å². The first-order valence-corrected chi connectivity index (χ1v) is 11.2. The predicted molar refractivity (Wildman–Crippen MR) is 122 cm³/mol. The highest BCUT2D eigenvalue weighted by Gasteiger charge is 2.24. The summed E-state index contributed by atoms with van der Waals surface area (Å²) < 4.78 is 12.1. The second kappa shape index (κ2) is 9.06. The van der Waals surface area contributed by atoms with E-state index in [2.05, 4.69) is 43.4 Å². The summed E-state index contributed by atoms with van der Waals surface area (Å²) in [5.74, 6) is 2.59. The average molecular weight is 420 g/mol. The Balaban J connectivity index is 1.28. The molecule has 0 unspecified atom stereocenters. The molecule has 31 heavy (non-hydrogen) atoms. The van der Waals surface area contributed by atoms with Crippen LogP contribution in [0.25, 0.3) is 10.9 Å². The SMILES string of the molecule is Cc1nccc(N[C@H]2CC[C@@H](Oc3cc(N4CCOCC4)cc4cccnc34)CC2)n1. The van der Waals surface area contributed by atoms with E-state index in [1.165, 1.54) is 5.69 Å². The molecule has 2 aromatic heterocycles. The van der Waals surface area contributed by atoms with E-state index < -0.39 is 0 Å². The molecule has 1 saturated carbocycles. The number of hydrogen-bond donors (Lipinski definition) is 1. The van der Waals surface area contributed by atoms with Crippen LogP contribution < -0.4 is 15.0 Å². The number of aryl methyl sites for hydroxylation is 1. The minimum atomic E-state index is 0.204. The van der Waals surface area contributed by atoms with E-state index in [0.717, 1.165) is 80.3 Å². The third-order valence-corrected chi connectivity index (χ3v) is 6.13. The van der Waals surface area contributed by atoms with Crippen LogP contribution in [0.15, 0.2) is 42.7 Å². The smallest absolute Gasteiger partial charge is 0.147 e. The topological polar surface area (TPSA) is 72.4 Å². The fourth-order valence-corrected chi connectivity index (χ4v) is 4.49. The number of aromatic nitrogens is 3. The zero-order valence-corrected chi connectivity index (χ0v) is 18.0. The van der Waals surface area contributed by atoms with Gasteiger partial charge in [0.05, 0.1) is 19.3 Å². The summed E-state index contributed by atoms with van der Waals surface area (Å²) in [6.07, 6.45) is 7.99. The average Bonchev–Trinajstić information content (AvgIpc) is 2.81. The molecule has 2 aliphatic rings. The minimum absolute atomic E-state index is 0.204. The van der Waals surface area contributed by atoms with E-state index in [-0.39, 0.29) is 6.10 Å². The Morgan fingerprint density at radius 3 is 2.68 bits per heavy atom. The Labute approximate surface area is 182 Å². The second-order valence-corrected chi connectivity index (χ2v) is 8.34. The number of nitrogens with one attached hydrogen (secondary N) is 1. The third-order valence-electron chi connectivity index (χ3n) is 6.13. The maximum absolute atomic E-state index is 6.54. The van der Waals surface area contributed by atoms with Gasteiger partial charge in [-0.15, -0.1) is 0 Å². The van der Waals surface area contributed by atoms with E-state index in [1.54, 1.807) is 6.20 Å². The van der Waals surface area contributed by atoms with Crippen LogP contribution >= 0.6 is 0 Å². The lowest BCUT2D eigenvalue weighted by atomic mass is 9.93. The Kier molecular flexibility index (Phi) is 5.84. The third kappa shape index (κ3) is 4.71. The van der Waals surface area contributed by atoms with Crippen LogP contribution in [-0.4, -0.2) is 53.4 Å². The van der Waals surface area contributed by atoms with Crippen molar-refractivity contribution in [2.45, 2.75) is 44.8 Å². The van der Waals surface area contributed by atoms with Crippen LogP contribution in [0.3, 0.4) is 0 Å². The maximum atomic E-state index is 6.54. The molecule has 7 heteroatoms. The number of benzene rings is 1. The summed E-state index contributed by atoms with van der Waals surface area (Å²) >= 11 is 0. The molecule has 1 aliphatic carbocycles. The van der Waals surface area contributed by atoms with Gasteiger partial charge in [-0.05, 0) is 50.8 Å². The van der Waals surface area contributed by atoms with Crippen molar-refractivity contribution in [1.82, 2.24) is 15.0 Å². The Hall–Kier alpha value is -2.93. The molecule has 0 spiro atoms. The van der Waals surface area contributed by atoms with E-state index in [0.29, 0.717) is 6.04 Å². The molecule has 1 N–H and O–H groups in total. The van der Waals surface area contributed by atoms with Crippen molar-refractivity contribution >= 4 is 22.4 Å². The summed E-state index contributed by atoms with van der Waals surface area (Å²) in [5, 5.41) is 4.67. The number of nitrogens with zero attached hydrogens (tertiary/aromatic N) is 4. The molecule has 0 amide bonds. The van der Waals surface area contributed by atoms with Gasteiger partial charge in [0.15, 0.2) is 0 Å². The first kappa shape index (κ1) is 20.0. The van der Waals surface area contributed by atoms with E-state index in [1.807, 2.05) is 25.3 Å². The monoisotopic (exact) mass is 419 g/mol. The Bertz CT molecular complexity index is 1030. The van der Waals surface area contributed by atoms with E-state index in [9.17, 15) is 0 Å². The number of anilines is 2. The highest BCUT2D eigenvalue weighted by atomic mass is 16.5.